The van der Waals surface area contributed by atoms with Crippen molar-refractivity contribution < 1.29 is 15.0 Å². The van der Waals surface area contributed by atoms with Crippen LogP contribution in [0.15, 0.2) is 30.3 Å². The van der Waals surface area contributed by atoms with E-state index in [2.05, 4.69) is 15.5 Å². The molecule has 7 nitrogen and oxygen atoms in total. The zero-order valence-corrected chi connectivity index (χ0v) is 9.16. The molecule has 0 unspecified atom stereocenters. The summed E-state index contributed by atoms with van der Waals surface area (Å²) in [4.78, 5) is 10.9. The Morgan fingerprint density at radius 2 is 2.06 bits per heavy atom. The first kappa shape index (κ1) is 11.6. The van der Waals surface area contributed by atoms with E-state index in [1.807, 2.05) is 0 Å². The average molecular weight is 246 g/mol. The topological polar surface area (TPSA) is 121 Å². The Morgan fingerprint density at radius 1 is 1.28 bits per heavy atom. The number of nitrogens with one attached hydrogen (secondary N) is 1. The molecule has 2 rings (SSSR count). The number of nitrogens with zero attached hydrogens (tertiary/aromatic N) is 2. The van der Waals surface area contributed by atoms with Gasteiger partial charge in [-0.05, 0) is 12.1 Å². The highest BCUT2D eigenvalue weighted by Crippen LogP contribution is 2.20. The lowest BCUT2D eigenvalue weighted by atomic mass is 10.2. The van der Waals surface area contributed by atoms with E-state index >= 15 is 0 Å². The summed E-state index contributed by atoms with van der Waals surface area (Å²) in [7, 11) is 0. The SMILES string of the molecule is Nc1nnc(Nc2cccc(O)c2)cc1C(=O)O. The highest BCUT2D eigenvalue weighted by molar-refractivity contribution is 5.93. The summed E-state index contributed by atoms with van der Waals surface area (Å²) >= 11 is 0. The molecule has 18 heavy (non-hydrogen) atoms. The summed E-state index contributed by atoms with van der Waals surface area (Å²) in [5.41, 5.74) is 5.81. The van der Waals surface area contributed by atoms with Crippen LogP contribution in [0.1, 0.15) is 10.4 Å². The molecule has 0 atom stereocenters. The molecule has 0 fully saturated rings. The van der Waals surface area contributed by atoms with E-state index in [-0.39, 0.29) is 22.9 Å². The molecule has 2 aromatic rings. The summed E-state index contributed by atoms with van der Waals surface area (Å²) in [6.45, 7) is 0. The van der Waals surface area contributed by atoms with Gasteiger partial charge in [-0.3, -0.25) is 0 Å². The Bertz CT molecular complexity index is 601. The Balaban J connectivity index is 2.30. The number of carboxylic acid groups (broad SMARTS) is 1. The van der Waals surface area contributed by atoms with Crippen molar-refractivity contribution in [3.8, 4) is 5.75 Å². The minimum absolute atomic E-state index is 0.0851. The quantitative estimate of drug-likeness (QED) is 0.642. The van der Waals surface area contributed by atoms with Crippen molar-refractivity contribution in [1.29, 1.82) is 0 Å². The molecule has 0 amide bonds. The van der Waals surface area contributed by atoms with Crippen LogP contribution in [-0.4, -0.2) is 26.4 Å². The van der Waals surface area contributed by atoms with Gasteiger partial charge in [-0.2, -0.15) is 0 Å². The van der Waals surface area contributed by atoms with Crippen LogP contribution in [0.5, 0.6) is 5.75 Å². The van der Waals surface area contributed by atoms with Crippen LogP contribution in [-0.2, 0) is 0 Å². The molecular weight excluding hydrogens is 236 g/mol. The number of aromatic carboxylic acids is 1. The number of aromatic nitrogens is 2. The molecule has 0 saturated heterocycles. The molecule has 0 bridgehead atoms. The lowest BCUT2D eigenvalue weighted by Crippen LogP contribution is -2.07. The Labute approximate surface area is 102 Å². The molecule has 0 spiro atoms. The fraction of sp³-hybridized carbons (Fsp3) is 0. The maximum atomic E-state index is 10.9. The number of phenolic OH excluding ortho intramolecular Hbond substituents is 1. The number of carbonyl (C=O) groups is 1. The second kappa shape index (κ2) is 4.58. The zero-order chi connectivity index (χ0) is 13.1. The first-order chi connectivity index (χ1) is 8.56. The van der Waals surface area contributed by atoms with E-state index in [4.69, 9.17) is 10.8 Å². The molecule has 1 aromatic carbocycles. The van der Waals surface area contributed by atoms with Gasteiger partial charge < -0.3 is 21.3 Å². The van der Waals surface area contributed by atoms with Gasteiger partial charge in [-0.1, -0.05) is 6.07 Å². The van der Waals surface area contributed by atoms with E-state index in [0.717, 1.165) is 0 Å². The van der Waals surface area contributed by atoms with Crippen LogP contribution in [0.3, 0.4) is 0 Å². The highest BCUT2D eigenvalue weighted by atomic mass is 16.4. The maximum absolute atomic E-state index is 10.9. The number of aromatic hydroxyl groups is 1. The van der Waals surface area contributed by atoms with Crippen molar-refractivity contribution in [3.63, 3.8) is 0 Å². The summed E-state index contributed by atoms with van der Waals surface area (Å²) in [6.07, 6.45) is 0. The molecule has 0 aliphatic rings. The fourth-order valence-electron chi connectivity index (χ4n) is 1.37. The van der Waals surface area contributed by atoms with Gasteiger partial charge in [0.25, 0.3) is 0 Å². The molecule has 5 N–H and O–H groups in total. The average Bonchev–Trinajstić information content (AvgIpc) is 2.31. The fourth-order valence-corrected chi connectivity index (χ4v) is 1.37. The van der Waals surface area contributed by atoms with Gasteiger partial charge in [0.15, 0.2) is 11.6 Å². The van der Waals surface area contributed by atoms with Gasteiger partial charge in [-0.15, -0.1) is 10.2 Å². The molecule has 1 heterocycles. The number of hydrogen-bond donors (Lipinski definition) is 4. The summed E-state index contributed by atoms with van der Waals surface area (Å²) in [5.74, 6) is -1.01. The number of phenols is 1. The number of rotatable bonds is 3. The number of hydrogen-bond acceptors (Lipinski definition) is 6. The molecule has 0 radical (unpaired) electrons. The number of benzene rings is 1. The third-order valence-corrected chi connectivity index (χ3v) is 2.17. The van der Waals surface area contributed by atoms with Gasteiger partial charge in [-0.25, -0.2) is 4.79 Å². The number of carboxylic acids is 1. The molecule has 0 saturated carbocycles. The largest absolute Gasteiger partial charge is 0.508 e. The Morgan fingerprint density at radius 3 is 2.72 bits per heavy atom. The van der Waals surface area contributed by atoms with E-state index in [0.29, 0.717) is 5.69 Å². The summed E-state index contributed by atoms with van der Waals surface area (Å²) in [5, 5.41) is 28.2. The van der Waals surface area contributed by atoms with Gasteiger partial charge in [0.1, 0.15) is 11.3 Å². The first-order valence-corrected chi connectivity index (χ1v) is 4.99. The van der Waals surface area contributed by atoms with Crippen molar-refractivity contribution in [2.45, 2.75) is 0 Å². The highest BCUT2D eigenvalue weighted by Gasteiger charge is 2.11. The van der Waals surface area contributed by atoms with Crippen LogP contribution in [0, 0.1) is 0 Å². The molecule has 0 aliphatic heterocycles. The summed E-state index contributed by atoms with van der Waals surface area (Å²) in [6, 6.07) is 7.59. The lowest BCUT2D eigenvalue weighted by molar-refractivity contribution is 0.0697. The standard InChI is InChI=1S/C11H10N4O3/c12-10-8(11(17)18)5-9(14-15-10)13-6-2-1-3-7(16)4-6/h1-5,16H,(H2,12,15)(H,13,14)(H,17,18). The van der Waals surface area contributed by atoms with E-state index in [9.17, 15) is 9.90 Å². The van der Waals surface area contributed by atoms with Crippen LogP contribution in [0.2, 0.25) is 0 Å². The van der Waals surface area contributed by atoms with Gasteiger partial charge >= 0.3 is 5.97 Å². The van der Waals surface area contributed by atoms with Crippen molar-refractivity contribution in [1.82, 2.24) is 10.2 Å². The summed E-state index contributed by atoms with van der Waals surface area (Å²) < 4.78 is 0. The van der Waals surface area contributed by atoms with Crippen molar-refractivity contribution in [3.05, 3.63) is 35.9 Å². The number of nitrogen functional groups attached to an aromatic ring is 1. The van der Waals surface area contributed by atoms with E-state index in [1.54, 1.807) is 12.1 Å². The lowest BCUT2D eigenvalue weighted by Gasteiger charge is -2.06. The smallest absolute Gasteiger partial charge is 0.339 e. The monoisotopic (exact) mass is 246 g/mol. The minimum atomic E-state index is -1.18. The minimum Gasteiger partial charge on any atom is -0.508 e. The predicted molar refractivity (Wildman–Crippen MR) is 64.8 cm³/mol. The first-order valence-electron chi connectivity index (χ1n) is 4.99. The second-order valence-electron chi connectivity index (χ2n) is 3.51. The van der Waals surface area contributed by atoms with Crippen LogP contribution in [0.4, 0.5) is 17.3 Å². The van der Waals surface area contributed by atoms with E-state index < -0.39 is 5.97 Å². The van der Waals surface area contributed by atoms with Gasteiger partial charge in [0.2, 0.25) is 0 Å². The Kier molecular flexibility index (Phi) is 2.96. The molecule has 7 heteroatoms. The number of anilines is 3. The van der Waals surface area contributed by atoms with Crippen molar-refractivity contribution in [2.75, 3.05) is 11.1 Å². The van der Waals surface area contributed by atoms with Crippen molar-refractivity contribution >= 4 is 23.3 Å². The normalized spacial score (nSPS) is 10.0. The third-order valence-electron chi connectivity index (χ3n) is 2.17. The molecule has 1 aromatic heterocycles. The second-order valence-corrected chi connectivity index (χ2v) is 3.51. The third kappa shape index (κ3) is 2.46. The Hall–Kier alpha value is -2.83. The maximum Gasteiger partial charge on any atom is 0.339 e. The number of nitrogens with two attached hydrogens (primary N) is 1. The molecule has 0 aliphatic carbocycles. The van der Waals surface area contributed by atoms with Gasteiger partial charge in [0.05, 0.1) is 0 Å². The van der Waals surface area contributed by atoms with Crippen LogP contribution >= 0.6 is 0 Å². The predicted octanol–water partition coefficient (Wildman–Crippen LogP) is 1.21. The van der Waals surface area contributed by atoms with Gasteiger partial charge in [0, 0.05) is 17.8 Å². The van der Waals surface area contributed by atoms with Crippen molar-refractivity contribution in [2.24, 2.45) is 0 Å². The zero-order valence-electron chi connectivity index (χ0n) is 9.16. The van der Waals surface area contributed by atoms with Crippen LogP contribution < -0.4 is 11.1 Å². The van der Waals surface area contributed by atoms with Crippen LogP contribution in [0.25, 0.3) is 0 Å². The van der Waals surface area contributed by atoms with E-state index in [1.165, 1.54) is 18.2 Å². The molecular formula is C11H10N4O3. The molecule has 92 valence electrons.